The van der Waals surface area contributed by atoms with Gasteiger partial charge in [-0.2, -0.15) is 0 Å². The second-order valence-corrected chi connectivity index (χ2v) is 4.64. The summed E-state index contributed by atoms with van der Waals surface area (Å²) in [5, 5.41) is 1.82. The zero-order valence-corrected chi connectivity index (χ0v) is 11.6. The zero-order valence-electron chi connectivity index (χ0n) is 8.47. The number of alkyl halides is 2. The fourth-order valence-corrected chi connectivity index (χ4v) is 2.85. The highest BCUT2D eigenvalue weighted by Crippen LogP contribution is 2.20. The van der Waals surface area contributed by atoms with E-state index in [-0.39, 0.29) is 5.82 Å². The van der Waals surface area contributed by atoms with Crippen LogP contribution in [0.25, 0.3) is 0 Å². The van der Waals surface area contributed by atoms with Crippen LogP contribution >= 0.6 is 31.9 Å². The van der Waals surface area contributed by atoms with Crippen LogP contribution in [0, 0.1) is 11.7 Å². The lowest BCUT2D eigenvalue weighted by atomic mass is 10.0. The lowest BCUT2D eigenvalue weighted by Gasteiger charge is -2.11. The van der Waals surface area contributed by atoms with Gasteiger partial charge in [0.1, 0.15) is 0 Å². The lowest BCUT2D eigenvalue weighted by molar-refractivity contribution is 0.386. The quantitative estimate of drug-likeness (QED) is 0.742. The number of hydrogen-bond acceptors (Lipinski definition) is 1. The average molecular weight is 340 g/mol. The van der Waals surface area contributed by atoms with E-state index < -0.39 is 0 Å². The van der Waals surface area contributed by atoms with Gasteiger partial charge in [0.05, 0.1) is 7.11 Å². The van der Waals surface area contributed by atoms with E-state index >= 15 is 0 Å². The predicted molar refractivity (Wildman–Crippen MR) is 67.7 cm³/mol. The first-order chi connectivity index (χ1) is 7.21. The molecule has 0 radical (unpaired) electrons. The third kappa shape index (κ3) is 3.76. The molecule has 0 N–H and O–H groups in total. The third-order valence-electron chi connectivity index (χ3n) is 2.18. The predicted octanol–water partition coefficient (Wildman–Crippen LogP) is 3.78. The van der Waals surface area contributed by atoms with E-state index in [0.717, 1.165) is 22.6 Å². The Bertz CT molecular complexity index is 313. The molecule has 1 aromatic carbocycles. The molecular formula is C11H13Br2FO. The molecule has 0 amide bonds. The van der Waals surface area contributed by atoms with E-state index in [1.165, 1.54) is 13.2 Å². The Kier molecular flexibility index (Phi) is 5.61. The Labute approximate surface area is 106 Å². The van der Waals surface area contributed by atoms with Gasteiger partial charge in [0.15, 0.2) is 11.6 Å². The third-order valence-corrected chi connectivity index (χ3v) is 4.01. The van der Waals surface area contributed by atoms with E-state index in [2.05, 4.69) is 31.9 Å². The maximum Gasteiger partial charge on any atom is 0.165 e. The molecule has 0 aliphatic carbocycles. The fraction of sp³-hybridized carbons (Fsp3) is 0.455. The van der Waals surface area contributed by atoms with Gasteiger partial charge in [-0.15, -0.1) is 0 Å². The number of hydrogen-bond donors (Lipinski definition) is 0. The topological polar surface area (TPSA) is 9.23 Å². The summed E-state index contributed by atoms with van der Waals surface area (Å²) in [4.78, 5) is 0. The van der Waals surface area contributed by atoms with E-state index in [0.29, 0.717) is 11.7 Å². The molecule has 1 rings (SSSR count). The smallest absolute Gasteiger partial charge is 0.165 e. The molecule has 0 aliphatic rings. The first-order valence-electron chi connectivity index (χ1n) is 4.65. The summed E-state index contributed by atoms with van der Waals surface area (Å²) < 4.78 is 18.2. The van der Waals surface area contributed by atoms with Crippen molar-refractivity contribution in [3.05, 3.63) is 29.6 Å². The van der Waals surface area contributed by atoms with E-state index in [1.807, 2.05) is 6.07 Å². The average Bonchev–Trinajstić information content (AvgIpc) is 2.26. The zero-order chi connectivity index (χ0) is 11.3. The number of ether oxygens (including phenoxy) is 1. The maximum absolute atomic E-state index is 13.4. The monoisotopic (exact) mass is 338 g/mol. The van der Waals surface area contributed by atoms with Crippen LogP contribution in [-0.2, 0) is 6.42 Å². The molecule has 0 atom stereocenters. The van der Waals surface area contributed by atoms with Crippen LogP contribution in [0.5, 0.6) is 5.75 Å². The van der Waals surface area contributed by atoms with Crippen molar-refractivity contribution < 1.29 is 9.13 Å². The molecule has 0 saturated carbocycles. The number of methoxy groups -OCH3 is 1. The van der Waals surface area contributed by atoms with Gasteiger partial charge < -0.3 is 4.74 Å². The van der Waals surface area contributed by atoms with Crippen molar-refractivity contribution in [3.8, 4) is 5.75 Å². The van der Waals surface area contributed by atoms with Crippen LogP contribution < -0.4 is 4.74 Å². The van der Waals surface area contributed by atoms with Crippen LogP contribution in [-0.4, -0.2) is 17.8 Å². The molecule has 84 valence electrons. The first kappa shape index (κ1) is 13.0. The van der Waals surface area contributed by atoms with Crippen molar-refractivity contribution in [3.63, 3.8) is 0 Å². The van der Waals surface area contributed by atoms with Crippen molar-refractivity contribution in [1.29, 1.82) is 0 Å². The van der Waals surface area contributed by atoms with Crippen molar-refractivity contribution >= 4 is 31.9 Å². The molecule has 15 heavy (non-hydrogen) atoms. The Morgan fingerprint density at radius 3 is 2.47 bits per heavy atom. The number of benzene rings is 1. The lowest BCUT2D eigenvalue weighted by Crippen LogP contribution is -2.07. The Hall–Kier alpha value is -0.0900. The van der Waals surface area contributed by atoms with Crippen molar-refractivity contribution in [1.82, 2.24) is 0 Å². The van der Waals surface area contributed by atoms with Gasteiger partial charge in [-0.25, -0.2) is 4.39 Å². The van der Waals surface area contributed by atoms with Crippen LogP contribution in [0.3, 0.4) is 0 Å². The van der Waals surface area contributed by atoms with E-state index in [9.17, 15) is 4.39 Å². The van der Waals surface area contributed by atoms with Gasteiger partial charge in [-0.3, -0.25) is 0 Å². The summed E-state index contributed by atoms with van der Waals surface area (Å²) in [6.45, 7) is 0. The Balaban J connectivity index is 2.74. The van der Waals surface area contributed by atoms with Gasteiger partial charge in [0.2, 0.25) is 0 Å². The van der Waals surface area contributed by atoms with Crippen molar-refractivity contribution in [2.75, 3.05) is 17.8 Å². The summed E-state index contributed by atoms with van der Waals surface area (Å²) >= 11 is 6.86. The molecule has 1 aromatic rings. The minimum atomic E-state index is -0.294. The molecule has 0 fully saturated rings. The molecule has 1 nitrogen and oxygen atoms in total. The van der Waals surface area contributed by atoms with Crippen LogP contribution in [0.15, 0.2) is 18.2 Å². The highest BCUT2D eigenvalue weighted by atomic mass is 79.9. The largest absolute Gasteiger partial charge is 0.494 e. The normalized spacial score (nSPS) is 10.7. The second kappa shape index (κ2) is 6.48. The molecule has 0 aliphatic heterocycles. The first-order valence-corrected chi connectivity index (χ1v) is 6.90. The highest BCUT2D eigenvalue weighted by Gasteiger charge is 2.09. The number of halogens is 3. The Morgan fingerprint density at radius 1 is 1.33 bits per heavy atom. The standard InChI is InChI=1S/C11H13Br2FO/c1-15-11-3-2-8(5-10(11)14)4-9(6-12)7-13/h2-3,5,9H,4,6-7H2,1H3. The molecule has 0 bridgehead atoms. The molecule has 4 heteroatoms. The van der Waals surface area contributed by atoms with Crippen LogP contribution in [0.4, 0.5) is 4.39 Å². The van der Waals surface area contributed by atoms with Gasteiger partial charge in [-0.05, 0) is 30.0 Å². The molecular weight excluding hydrogens is 327 g/mol. The fourth-order valence-electron chi connectivity index (χ4n) is 1.32. The van der Waals surface area contributed by atoms with Gasteiger partial charge in [-0.1, -0.05) is 37.9 Å². The summed E-state index contributed by atoms with van der Waals surface area (Å²) in [6, 6.07) is 5.11. The molecule has 0 aromatic heterocycles. The van der Waals surface area contributed by atoms with Crippen LogP contribution in [0.2, 0.25) is 0 Å². The number of rotatable bonds is 5. The minimum Gasteiger partial charge on any atom is -0.494 e. The SMILES string of the molecule is COc1ccc(CC(CBr)CBr)cc1F. The summed E-state index contributed by atoms with van der Waals surface area (Å²) in [7, 11) is 1.47. The molecule has 0 unspecified atom stereocenters. The summed E-state index contributed by atoms with van der Waals surface area (Å²) in [5.74, 6) is 0.490. The van der Waals surface area contributed by atoms with Gasteiger partial charge >= 0.3 is 0 Å². The van der Waals surface area contributed by atoms with E-state index in [4.69, 9.17) is 4.74 Å². The van der Waals surface area contributed by atoms with Crippen molar-refractivity contribution in [2.45, 2.75) is 6.42 Å². The molecule has 0 saturated heterocycles. The van der Waals surface area contributed by atoms with Gasteiger partial charge in [0, 0.05) is 10.7 Å². The highest BCUT2D eigenvalue weighted by molar-refractivity contribution is 9.09. The van der Waals surface area contributed by atoms with Crippen LogP contribution in [0.1, 0.15) is 5.56 Å². The summed E-state index contributed by atoms with van der Waals surface area (Å²) in [5.41, 5.74) is 0.997. The van der Waals surface area contributed by atoms with Crippen molar-refractivity contribution in [2.24, 2.45) is 5.92 Å². The van der Waals surface area contributed by atoms with Gasteiger partial charge in [0.25, 0.3) is 0 Å². The van der Waals surface area contributed by atoms with E-state index in [1.54, 1.807) is 6.07 Å². The minimum absolute atomic E-state index is 0.294. The summed E-state index contributed by atoms with van der Waals surface area (Å²) in [6.07, 6.45) is 0.859. The second-order valence-electron chi connectivity index (χ2n) is 3.35. The molecule has 0 spiro atoms. The Morgan fingerprint density at radius 2 is 2.00 bits per heavy atom. The molecule has 0 heterocycles. The maximum atomic E-state index is 13.4.